The van der Waals surface area contributed by atoms with E-state index in [0.717, 1.165) is 23.5 Å². The Hall–Kier alpha value is -0.750. The van der Waals surface area contributed by atoms with Crippen LogP contribution in [0.25, 0.3) is 0 Å². The topological polar surface area (TPSA) is 20.2 Å². The molecule has 1 N–H and O–H groups in total. The van der Waals surface area contributed by atoms with E-state index in [0.29, 0.717) is 19.8 Å². The van der Waals surface area contributed by atoms with Gasteiger partial charge in [-0.15, -0.1) is 11.3 Å². The molecule has 20 heavy (non-hydrogen) atoms. The van der Waals surface area contributed by atoms with Gasteiger partial charge in [-0.25, -0.2) is 0 Å². The van der Waals surface area contributed by atoms with E-state index in [1.165, 1.54) is 12.1 Å². The van der Waals surface area contributed by atoms with Gasteiger partial charge in [0.05, 0.1) is 16.0 Å². The summed E-state index contributed by atoms with van der Waals surface area (Å²) in [5.41, 5.74) is 0.359. The van der Waals surface area contributed by atoms with E-state index in [1.54, 1.807) is 6.07 Å². The standard InChI is InChI=1S/C13H9Cl2F3OS/c14-11-6-9(12(15)20-11)10(19)5-7-1-3-8(4-2-7)13(16,17)18/h1-4,6,10,19H,5H2. The maximum atomic E-state index is 12.4. The minimum absolute atomic E-state index is 0.172. The molecule has 0 spiro atoms. The second kappa shape index (κ2) is 5.93. The molecular weight excluding hydrogens is 332 g/mol. The molecule has 0 saturated heterocycles. The summed E-state index contributed by atoms with van der Waals surface area (Å²) in [5, 5.41) is 10.0. The molecule has 1 unspecified atom stereocenters. The number of hydrogen-bond acceptors (Lipinski definition) is 2. The quantitative estimate of drug-likeness (QED) is 0.798. The summed E-state index contributed by atoms with van der Waals surface area (Å²) in [6.45, 7) is 0. The summed E-state index contributed by atoms with van der Waals surface area (Å²) in [4.78, 5) is 0. The van der Waals surface area contributed by atoms with Gasteiger partial charge in [-0.2, -0.15) is 13.2 Å². The highest BCUT2D eigenvalue weighted by Gasteiger charge is 2.30. The fraction of sp³-hybridized carbons (Fsp3) is 0.231. The Bertz CT molecular complexity index is 593. The van der Waals surface area contributed by atoms with E-state index in [9.17, 15) is 18.3 Å². The van der Waals surface area contributed by atoms with Crippen LogP contribution in [0.2, 0.25) is 8.67 Å². The van der Waals surface area contributed by atoms with Crippen molar-refractivity contribution in [2.75, 3.05) is 0 Å². The molecule has 0 saturated carbocycles. The van der Waals surface area contributed by atoms with Gasteiger partial charge in [0.25, 0.3) is 0 Å². The minimum Gasteiger partial charge on any atom is -0.388 e. The second-order valence-corrected chi connectivity index (χ2v) is 6.48. The van der Waals surface area contributed by atoms with Crippen molar-refractivity contribution in [3.8, 4) is 0 Å². The fourth-order valence-corrected chi connectivity index (χ4v) is 3.31. The van der Waals surface area contributed by atoms with Crippen molar-refractivity contribution >= 4 is 34.5 Å². The largest absolute Gasteiger partial charge is 0.416 e. The predicted molar refractivity (Wildman–Crippen MR) is 74.4 cm³/mol. The van der Waals surface area contributed by atoms with Crippen molar-refractivity contribution in [2.45, 2.75) is 18.7 Å². The van der Waals surface area contributed by atoms with Gasteiger partial charge in [0.2, 0.25) is 0 Å². The molecule has 1 heterocycles. The third-order valence-electron chi connectivity index (χ3n) is 2.75. The molecule has 7 heteroatoms. The van der Waals surface area contributed by atoms with Crippen molar-refractivity contribution in [1.82, 2.24) is 0 Å². The van der Waals surface area contributed by atoms with Crippen LogP contribution < -0.4 is 0 Å². The van der Waals surface area contributed by atoms with E-state index >= 15 is 0 Å². The molecule has 1 aromatic carbocycles. The van der Waals surface area contributed by atoms with Crippen LogP contribution in [0.4, 0.5) is 13.2 Å². The molecule has 0 amide bonds. The van der Waals surface area contributed by atoms with Crippen LogP contribution in [0.1, 0.15) is 22.8 Å². The zero-order valence-electron chi connectivity index (χ0n) is 9.92. The second-order valence-electron chi connectivity index (χ2n) is 4.19. The van der Waals surface area contributed by atoms with Crippen molar-refractivity contribution < 1.29 is 18.3 Å². The van der Waals surface area contributed by atoms with Crippen LogP contribution >= 0.6 is 34.5 Å². The SMILES string of the molecule is OC(Cc1ccc(C(F)(F)F)cc1)c1cc(Cl)sc1Cl. The number of alkyl halides is 3. The first-order valence-corrected chi connectivity index (χ1v) is 7.13. The van der Waals surface area contributed by atoms with Gasteiger partial charge in [0, 0.05) is 12.0 Å². The fourth-order valence-electron chi connectivity index (χ4n) is 1.74. The minimum atomic E-state index is -4.36. The first-order valence-electron chi connectivity index (χ1n) is 5.56. The molecule has 2 aromatic rings. The summed E-state index contributed by atoms with van der Waals surface area (Å²) in [7, 11) is 0. The molecule has 108 valence electrons. The van der Waals surface area contributed by atoms with Crippen LogP contribution in [0.15, 0.2) is 30.3 Å². The number of benzene rings is 1. The Kier molecular flexibility index (Phi) is 4.64. The van der Waals surface area contributed by atoms with Crippen LogP contribution in [-0.4, -0.2) is 5.11 Å². The molecule has 1 atom stereocenters. The first kappa shape index (κ1) is 15.6. The van der Waals surface area contributed by atoms with Crippen molar-refractivity contribution in [3.63, 3.8) is 0 Å². The number of hydrogen-bond donors (Lipinski definition) is 1. The number of aliphatic hydroxyl groups is 1. The normalized spacial score (nSPS) is 13.5. The summed E-state index contributed by atoms with van der Waals surface area (Å²) in [5.74, 6) is 0. The number of halogens is 5. The van der Waals surface area contributed by atoms with Crippen LogP contribution in [0, 0.1) is 0 Å². The summed E-state index contributed by atoms with van der Waals surface area (Å²) < 4.78 is 38.1. The van der Waals surface area contributed by atoms with Crippen molar-refractivity contribution in [2.24, 2.45) is 0 Å². The molecule has 1 nitrogen and oxygen atoms in total. The number of rotatable bonds is 3. The highest BCUT2D eigenvalue weighted by Crippen LogP contribution is 2.36. The van der Waals surface area contributed by atoms with E-state index < -0.39 is 17.8 Å². The molecular formula is C13H9Cl2F3OS. The molecule has 0 fully saturated rings. The molecule has 0 radical (unpaired) electrons. The van der Waals surface area contributed by atoms with Crippen LogP contribution in [-0.2, 0) is 12.6 Å². The van der Waals surface area contributed by atoms with Gasteiger partial charge < -0.3 is 5.11 Å². The Labute approximate surface area is 127 Å². The van der Waals surface area contributed by atoms with Gasteiger partial charge in [0.15, 0.2) is 0 Å². The summed E-state index contributed by atoms with van der Waals surface area (Å²) >= 11 is 12.8. The van der Waals surface area contributed by atoms with Gasteiger partial charge in [0.1, 0.15) is 4.34 Å². The number of thiophene rings is 1. The smallest absolute Gasteiger partial charge is 0.388 e. The Morgan fingerprint density at radius 3 is 2.20 bits per heavy atom. The maximum absolute atomic E-state index is 12.4. The van der Waals surface area contributed by atoms with E-state index in [2.05, 4.69) is 0 Å². The zero-order valence-corrected chi connectivity index (χ0v) is 12.2. The monoisotopic (exact) mass is 340 g/mol. The lowest BCUT2D eigenvalue weighted by atomic mass is 10.0. The zero-order chi connectivity index (χ0) is 14.9. The maximum Gasteiger partial charge on any atom is 0.416 e. The molecule has 0 aliphatic heterocycles. The highest BCUT2D eigenvalue weighted by molar-refractivity contribution is 7.20. The summed E-state index contributed by atoms with van der Waals surface area (Å²) in [6.07, 6.45) is -5.09. The predicted octanol–water partition coefficient (Wildman–Crippen LogP) is 5.35. The Balaban J connectivity index is 2.12. The lowest BCUT2D eigenvalue weighted by Crippen LogP contribution is -2.05. The van der Waals surface area contributed by atoms with Gasteiger partial charge in [-0.1, -0.05) is 35.3 Å². The molecule has 2 rings (SSSR count). The van der Waals surface area contributed by atoms with Crippen LogP contribution in [0.5, 0.6) is 0 Å². The van der Waals surface area contributed by atoms with E-state index in [4.69, 9.17) is 23.2 Å². The van der Waals surface area contributed by atoms with Crippen molar-refractivity contribution in [3.05, 3.63) is 55.7 Å². The average Bonchev–Trinajstić information content (AvgIpc) is 2.68. The third-order valence-corrected chi connectivity index (χ3v) is 4.27. The third kappa shape index (κ3) is 3.67. The summed E-state index contributed by atoms with van der Waals surface area (Å²) in [6, 6.07) is 6.22. The van der Waals surface area contributed by atoms with E-state index in [1.807, 2.05) is 0 Å². The Morgan fingerprint density at radius 2 is 1.75 bits per heavy atom. The van der Waals surface area contributed by atoms with Gasteiger partial charge >= 0.3 is 6.18 Å². The van der Waals surface area contributed by atoms with Crippen molar-refractivity contribution in [1.29, 1.82) is 0 Å². The van der Waals surface area contributed by atoms with E-state index in [-0.39, 0.29) is 6.42 Å². The average molecular weight is 341 g/mol. The number of aliphatic hydroxyl groups excluding tert-OH is 1. The molecule has 1 aromatic heterocycles. The Morgan fingerprint density at radius 1 is 1.15 bits per heavy atom. The molecule has 0 bridgehead atoms. The van der Waals surface area contributed by atoms with Gasteiger partial charge in [-0.05, 0) is 23.8 Å². The lowest BCUT2D eigenvalue weighted by molar-refractivity contribution is -0.137. The molecule has 0 aliphatic carbocycles. The van der Waals surface area contributed by atoms with Gasteiger partial charge in [-0.3, -0.25) is 0 Å². The first-order chi connectivity index (χ1) is 9.27. The van der Waals surface area contributed by atoms with Crippen LogP contribution in [0.3, 0.4) is 0 Å². The highest BCUT2D eigenvalue weighted by atomic mass is 35.5. The lowest BCUT2D eigenvalue weighted by Gasteiger charge is -2.11. The molecule has 0 aliphatic rings.